The van der Waals surface area contributed by atoms with Gasteiger partial charge >= 0.3 is 0 Å². The van der Waals surface area contributed by atoms with Crippen LogP contribution in [0.4, 0.5) is 0 Å². The molecule has 0 radical (unpaired) electrons. The number of rotatable bonds is 6. The van der Waals surface area contributed by atoms with Crippen LogP contribution in [0.5, 0.6) is 5.75 Å². The first-order valence-corrected chi connectivity index (χ1v) is 11.1. The van der Waals surface area contributed by atoms with E-state index in [9.17, 15) is 8.42 Å². The highest BCUT2D eigenvalue weighted by Gasteiger charge is 2.21. The fourth-order valence-corrected chi connectivity index (χ4v) is 4.99. The van der Waals surface area contributed by atoms with Crippen molar-refractivity contribution >= 4 is 10.0 Å². The summed E-state index contributed by atoms with van der Waals surface area (Å²) < 4.78 is 34.0. The second-order valence-corrected chi connectivity index (χ2v) is 9.35. The molecule has 1 aliphatic carbocycles. The Morgan fingerprint density at radius 3 is 2.33 bits per heavy atom. The molecule has 1 atom stereocenters. The van der Waals surface area contributed by atoms with Gasteiger partial charge in [0.25, 0.3) is 0 Å². The van der Waals surface area contributed by atoms with Crippen LogP contribution in [0.2, 0.25) is 0 Å². The Morgan fingerprint density at radius 2 is 1.67 bits per heavy atom. The van der Waals surface area contributed by atoms with Crippen molar-refractivity contribution in [3.8, 4) is 5.75 Å². The molecule has 0 spiro atoms. The van der Waals surface area contributed by atoms with Gasteiger partial charge in [-0.25, -0.2) is 13.1 Å². The van der Waals surface area contributed by atoms with E-state index in [2.05, 4.69) is 16.9 Å². The van der Waals surface area contributed by atoms with Crippen molar-refractivity contribution in [1.82, 2.24) is 4.72 Å². The van der Waals surface area contributed by atoms with E-state index >= 15 is 0 Å². The van der Waals surface area contributed by atoms with Crippen LogP contribution in [0.25, 0.3) is 0 Å². The third kappa shape index (κ3) is 4.36. The molecular weight excluding hydrogens is 358 g/mol. The van der Waals surface area contributed by atoms with E-state index < -0.39 is 10.0 Å². The van der Waals surface area contributed by atoms with Gasteiger partial charge in [-0.15, -0.1) is 0 Å². The first kappa shape index (κ1) is 19.9. The molecular formula is C22H29NO3S. The van der Waals surface area contributed by atoms with E-state index in [1.165, 1.54) is 24.0 Å². The number of nitrogens with one attached hydrogen (secondary N) is 1. The Morgan fingerprint density at radius 1 is 0.963 bits per heavy atom. The summed E-state index contributed by atoms with van der Waals surface area (Å²) in [7, 11) is -2.01. The molecule has 2 aromatic carbocycles. The van der Waals surface area contributed by atoms with E-state index in [1.54, 1.807) is 25.3 Å². The normalized spacial score (nSPS) is 15.4. The molecule has 0 aliphatic heterocycles. The van der Waals surface area contributed by atoms with Gasteiger partial charge < -0.3 is 4.74 Å². The van der Waals surface area contributed by atoms with Crippen molar-refractivity contribution < 1.29 is 13.2 Å². The quantitative estimate of drug-likeness (QED) is 0.779. The number of methoxy groups -OCH3 is 1. The van der Waals surface area contributed by atoms with Crippen LogP contribution in [-0.2, 0) is 22.9 Å². The van der Waals surface area contributed by atoms with Gasteiger partial charge in [-0.3, -0.25) is 0 Å². The second-order valence-electron chi connectivity index (χ2n) is 7.64. The van der Waals surface area contributed by atoms with Gasteiger partial charge in [0.15, 0.2) is 0 Å². The predicted octanol–water partition coefficient (Wildman–Crippen LogP) is 4.74. The minimum absolute atomic E-state index is 0.174. The number of aryl methyl sites for hydroxylation is 2. The Hall–Kier alpha value is -1.85. The highest BCUT2D eigenvalue weighted by molar-refractivity contribution is 7.89. The highest BCUT2D eigenvalue weighted by atomic mass is 32.2. The second kappa shape index (κ2) is 8.03. The maximum atomic E-state index is 12.9. The Bertz CT molecular complexity index is 919. The van der Waals surface area contributed by atoms with Crippen molar-refractivity contribution in [2.45, 2.75) is 63.3 Å². The van der Waals surface area contributed by atoms with Gasteiger partial charge in [0.1, 0.15) is 5.75 Å². The molecule has 0 saturated carbocycles. The van der Waals surface area contributed by atoms with E-state index in [0.717, 1.165) is 24.0 Å². The molecule has 0 fully saturated rings. The molecule has 0 saturated heterocycles. The summed E-state index contributed by atoms with van der Waals surface area (Å²) in [6.45, 7) is 5.95. The minimum atomic E-state index is -3.62. The van der Waals surface area contributed by atoms with E-state index in [1.807, 2.05) is 26.8 Å². The first-order chi connectivity index (χ1) is 12.8. The zero-order chi connectivity index (χ0) is 19.6. The lowest BCUT2D eigenvalue weighted by Crippen LogP contribution is -2.27. The SMILES string of the molecule is COc1ccc(S(=O)(=O)N[C@H](C)c2ccc3c(c2)CCCC3)cc1C(C)C. The van der Waals surface area contributed by atoms with Crippen molar-refractivity contribution in [3.63, 3.8) is 0 Å². The van der Waals surface area contributed by atoms with Gasteiger partial charge in [0.2, 0.25) is 10.0 Å². The Balaban J connectivity index is 1.85. The molecule has 1 N–H and O–H groups in total. The fraction of sp³-hybridized carbons (Fsp3) is 0.455. The van der Waals surface area contributed by atoms with Crippen LogP contribution >= 0.6 is 0 Å². The Labute approximate surface area is 163 Å². The third-order valence-electron chi connectivity index (χ3n) is 5.34. The Kier molecular flexibility index (Phi) is 5.92. The summed E-state index contributed by atoms with van der Waals surface area (Å²) in [4.78, 5) is 0.275. The molecule has 27 heavy (non-hydrogen) atoms. The number of ether oxygens (including phenoxy) is 1. The molecule has 0 unspecified atom stereocenters. The fourth-order valence-electron chi connectivity index (χ4n) is 3.72. The van der Waals surface area contributed by atoms with Gasteiger partial charge in [0, 0.05) is 6.04 Å². The summed E-state index contributed by atoms with van der Waals surface area (Å²) in [5.41, 5.74) is 4.66. The van der Waals surface area contributed by atoms with E-state index in [0.29, 0.717) is 5.75 Å². The van der Waals surface area contributed by atoms with Gasteiger partial charge in [-0.2, -0.15) is 0 Å². The van der Waals surface area contributed by atoms with Crippen LogP contribution in [0.15, 0.2) is 41.3 Å². The van der Waals surface area contributed by atoms with Crippen molar-refractivity contribution in [2.75, 3.05) is 7.11 Å². The smallest absolute Gasteiger partial charge is 0.241 e. The summed E-state index contributed by atoms with van der Waals surface area (Å²) in [6.07, 6.45) is 4.66. The molecule has 0 bridgehead atoms. The monoisotopic (exact) mass is 387 g/mol. The number of benzene rings is 2. The largest absolute Gasteiger partial charge is 0.496 e. The van der Waals surface area contributed by atoms with Crippen LogP contribution in [0.3, 0.4) is 0 Å². The number of sulfonamides is 1. The van der Waals surface area contributed by atoms with Crippen LogP contribution in [0.1, 0.15) is 67.8 Å². The lowest BCUT2D eigenvalue weighted by Gasteiger charge is -2.20. The van der Waals surface area contributed by atoms with Crippen LogP contribution in [-0.4, -0.2) is 15.5 Å². The van der Waals surface area contributed by atoms with Gasteiger partial charge in [-0.1, -0.05) is 32.0 Å². The standard InChI is InChI=1S/C22H29NO3S/c1-15(2)21-14-20(11-12-22(21)26-4)27(24,25)23-16(3)18-10-9-17-7-5-6-8-19(17)13-18/h9-16,23H,5-8H2,1-4H3/t16-/m1/s1. The average Bonchev–Trinajstić information content (AvgIpc) is 2.66. The summed E-state index contributed by atoms with van der Waals surface area (Å²) >= 11 is 0. The molecule has 4 nitrogen and oxygen atoms in total. The summed E-state index contributed by atoms with van der Waals surface area (Å²) in [5, 5.41) is 0. The molecule has 2 aromatic rings. The van der Waals surface area contributed by atoms with Crippen molar-refractivity contribution in [1.29, 1.82) is 0 Å². The lowest BCUT2D eigenvalue weighted by atomic mass is 9.89. The average molecular weight is 388 g/mol. The summed E-state index contributed by atoms with van der Waals surface area (Å²) in [6, 6.07) is 11.1. The predicted molar refractivity (Wildman–Crippen MR) is 109 cm³/mol. The van der Waals surface area contributed by atoms with Crippen LogP contribution < -0.4 is 9.46 Å². The molecule has 0 aromatic heterocycles. The van der Waals surface area contributed by atoms with E-state index in [4.69, 9.17) is 4.74 Å². The highest BCUT2D eigenvalue weighted by Crippen LogP contribution is 2.30. The lowest BCUT2D eigenvalue weighted by molar-refractivity contribution is 0.407. The molecule has 146 valence electrons. The summed E-state index contributed by atoms with van der Waals surface area (Å²) in [5.74, 6) is 0.889. The zero-order valence-electron chi connectivity index (χ0n) is 16.6. The zero-order valence-corrected chi connectivity index (χ0v) is 17.4. The number of fused-ring (bicyclic) bond motifs is 1. The third-order valence-corrected chi connectivity index (χ3v) is 6.88. The first-order valence-electron chi connectivity index (χ1n) is 9.64. The van der Waals surface area contributed by atoms with Crippen LogP contribution in [0, 0.1) is 0 Å². The van der Waals surface area contributed by atoms with E-state index in [-0.39, 0.29) is 16.9 Å². The number of hydrogen-bond acceptors (Lipinski definition) is 3. The molecule has 0 amide bonds. The van der Waals surface area contributed by atoms with Gasteiger partial charge in [-0.05, 0) is 79.0 Å². The topological polar surface area (TPSA) is 55.4 Å². The maximum Gasteiger partial charge on any atom is 0.241 e. The van der Waals surface area contributed by atoms with Crippen molar-refractivity contribution in [2.24, 2.45) is 0 Å². The van der Waals surface area contributed by atoms with Crippen molar-refractivity contribution in [3.05, 3.63) is 58.7 Å². The molecule has 5 heteroatoms. The molecule has 0 heterocycles. The molecule has 1 aliphatic rings. The molecule has 3 rings (SSSR count). The number of hydrogen-bond donors (Lipinski definition) is 1. The van der Waals surface area contributed by atoms with Gasteiger partial charge in [0.05, 0.1) is 12.0 Å². The minimum Gasteiger partial charge on any atom is -0.496 e. The maximum absolute atomic E-state index is 12.9.